The first kappa shape index (κ1) is 9.87. The topological polar surface area (TPSA) is 66.0 Å². The number of H-pyrrole nitrogens is 1. The summed E-state index contributed by atoms with van der Waals surface area (Å²) in [4.78, 5) is 11.2. The lowest BCUT2D eigenvalue weighted by Gasteiger charge is -2.10. The number of aromatic carboxylic acids is 1. The van der Waals surface area contributed by atoms with Crippen molar-refractivity contribution in [3.05, 3.63) is 17.0 Å². The average molecular weight is 220 g/mol. The zero-order valence-electron chi connectivity index (χ0n) is 9.20. The van der Waals surface area contributed by atoms with Crippen LogP contribution in [0, 0.1) is 0 Å². The molecule has 2 aliphatic carbocycles. The van der Waals surface area contributed by atoms with Crippen LogP contribution in [0.25, 0.3) is 0 Å². The predicted molar refractivity (Wildman–Crippen MR) is 58.7 cm³/mol. The first-order chi connectivity index (χ1) is 7.77. The van der Waals surface area contributed by atoms with Gasteiger partial charge in [0.1, 0.15) is 0 Å². The zero-order valence-corrected chi connectivity index (χ0v) is 9.20. The Morgan fingerprint density at radius 2 is 1.88 bits per heavy atom. The molecule has 2 aliphatic rings. The van der Waals surface area contributed by atoms with E-state index in [2.05, 4.69) is 10.2 Å². The molecule has 0 atom stereocenters. The van der Waals surface area contributed by atoms with Crippen LogP contribution in [0.15, 0.2) is 0 Å². The SMILES string of the molecule is O=C(O)c1n[nH]c(C2CC2)c1C1CCCC1. The fourth-order valence-corrected chi connectivity index (χ4v) is 2.84. The summed E-state index contributed by atoms with van der Waals surface area (Å²) in [6.07, 6.45) is 7.05. The quantitative estimate of drug-likeness (QED) is 0.822. The molecule has 1 heterocycles. The van der Waals surface area contributed by atoms with Crippen molar-refractivity contribution >= 4 is 5.97 Å². The van der Waals surface area contributed by atoms with E-state index in [0.717, 1.165) is 24.1 Å². The second-order valence-corrected chi connectivity index (χ2v) is 4.96. The molecule has 1 aromatic heterocycles. The van der Waals surface area contributed by atoms with Crippen LogP contribution in [0.2, 0.25) is 0 Å². The molecule has 16 heavy (non-hydrogen) atoms. The Morgan fingerprint density at radius 3 is 2.44 bits per heavy atom. The van der Waals surface area contributed by atoms with Gasteiger partial charge in [0.2, 0.25) is 0 Å². The zero-order chi connectivity index (χ0) is 11.1. The highest BCUT2D eigenvalue weighted by molar-refractivity contribution is 5.87. The summed E-state index contributed by atoms with van der Waals surface area (Å²) in [7, 11) is 0. The first-order valence-corrected chi connectivity index (χ1v) is 6.09. The molecule has 1 aromatic rings. The van der Waals surface area contributed by atoms with Gasteiger partial charge in [0.25, 0.3) is 0 Å². The number of carboxylic acid groups (broad SMARTS) is 1. The molecule has 0 saturated heterocycles. The Kier molecular flexibility index (Phi) is 2.23. The maximum Gasteiger partial charge on any atom is 0.356 e. The fraction of sp³-hybridized carbons (Fsp3) is 0.667. The molecule has 86 valence electrons. The molecule has 0 aromatic carbocycles. The fourth-order valence-electron chi connectivity index (χ4n) is 2.84. The number of carboxylic acids is 1. The van der Waals surface area contributed by atoms with Crippen molar-refractivity contribution < 1.29 is 9.90 Å². The van der Waals surface area contributed by atoms with Crippen molar-refractivity contribution in [3.8, 4) is 0 Å². The second kappa shape index (κ2) is 3.61. The van der Waals surface area contributed by atoms with Crippen LogP contribution in [0.3, 0.4) is 0 Å². The van der Waals surface area contributed by atoms with Crippen molar-refractivity contribution in [2.75, 3.05) is 0 Å². The Balaban J connectivity index is 2.02. The molecule has 2 N–H and O–H groups in total. The van der Waals surface area contributed by atoms with Gasteiger partial charge in [0.15, 0.2) is 5.69 Å². The van der Waals surface area contributed by atoms with Gasteiger partial charge in [-0.15, -0.1) is 0 Å². The van der Waals surface area contributed by atoms with E-state index in [0.29, 0.717) is 11.8 Å². The van der Waals surface area contributed by atoms with Crippen LogP contribution in [-0.2, 0) is 0 Å². The van der Waals surface area contributed by atoms with E-state index in [1.165, 1.54) is 25.7 Å². The van der Waals surface area contributed by atoms with Crippen molar-refractivity contribution in [2.24, 2.45) is 0 Å². The Morgan fingerprint density at radius 1 is 1.19 bits per heavy atom. The first-order valence-electron chi connectivity index (χ1n) is 6.09. The number of aromatic nitrogens is 2. The smallest absolute Gasteiger partial charge is 0.356 e. The van der Waals surface area contributed by atoms with Gasteiger partial charge in [-0.2, -0.15) is 5.10 Å². The molecule has 3 rings (SSSR count). The lowest BCUT2D eigenvalue weighted by Crippen LogP contribution is -2.05. The average Bonchev–Trinajstić information content (AvgIpc) is 2.82. The number of hydrogen-bond acceptors (Lipinski definition) is 2. The lowest BCUT2D eigenvalue weighted by molar-refractivity contribution is 0.0688. The Hall–Kier alpha value is -1.32. The molecule has 2 fully saturated rings. The van der Waals surface area contributed by atoms with Gasteiger partial charge in [-0.3, -0.25) is 5.10 Å². The van der Waals surface area contributed by atoms with Crippen molar-refractivity contribution in [1.82, 2.24) is 10.2 Å². The van der Waals surface area contributed by atoms with Gasteiger partial charge >= 0.3 is 5.97 Å². The van der Waals surface area contributed by atoms with Gasteiger partial charge in [0.05, 0.1) is 0 Å². The summed E-state index contributed by atoms with van der Waals surface area (Å²) in [5.41, 5.74) is 2.41. The molecule has 0 amide bonds. The van der Waals surface area contributed by atoms with Crippen LogP contribution in [0.1, 0.15) is 72.1 Å². The number of nitrogens with zero attached hydrogens (tertiary/aromatic N) is 1. The van der Waals surface area contributed by atoms with Gasteiger partial charge in [-0.05, 0) is 31.6 Å². The summed E-state index contributed by atoms with van der Waals surface area (Å²) in [5.74, 6) is 0.0988. The van der Waals surface area contributed by atoms with Crippen LogP contribution < -0.4 is 0 Å². The minimum atomic E-state index is -0.884. The van der Waals surface area contributed by atoms with Gasteiger partial charge in [-0.25, -0.2) is 4.79 Å². The van der Waals surface area contributed by atoms with E-state index < -0.39 is 5.97 Å². The summed E-state index contributed by atoms with van der Waals surface area (Å²) in [6.45, 7) is 0. The van der Waals surface area contributed by atoms with Gasteiger partial charge in [0, 0.05) is 17.2 Å². The van der Waals surface area contributed by atoms with Crippen LogP contribution >= 0.6 is 0 Å². The van der Waals surface area contributed by atoms with E-state index in [4.69, 9.17) is 5.11 Å². The second-order valence-electron chi connectivity index (χ2n) is 4.96. The molecule has 0 radical (unpaired) electrons. The molecular formula is C12H16N2O2. The van der Waals surface area contributed by atoms with Crippen LogP contribution in [-0.4, -0.2) is 21.3 Å². The summed E-state index contributed by atoms with van der Waals surface area (Å²) < 4.78 is 0. The third-order valence-electron chi connectivity index (χ3n) is 3.79. The standard InChI is InChI=1S/C12H16N2O2/c15-12(16)11-9(7-3-1-2-4-7)10(13-14-11)8-5-6-8/h7-8H,1-6H2,(H,13,14)(H,15,16). The summed E-state index contributed by atoms with van der Waals surface area (Å²) in [6, 6.07) is 0. The minimum Gasteiger partial charge on any atom is -0.476 e. The Labute approximate surface area is 94.1 Å². The predicted octanol–water partition coefficient (Wildman–Crippen LogP) is 2.64. The molecule has 0 spiro atoms. The maximum absolute atomic E-state index is 11.2. The maximum atomic E-state index is 11.2. The number of hydrogen-bond donors (Lipinski definition) is 2. The third kappa shape index (κ3) is 1.52. The Bertz CT molecular complexity index is 415. The highest BCUT2D eigenvalue weighted by Gasteiger charge is 2.35. The monoisotopic (exact) mass is 220 g/mol. The van der Waals surface area contributed by atoms with Gasteiger partial charge < -0.3 is 5.11 Å². The molecule has 0 unspecified atom stereocenters. The highest BCUT2D eigenvalue weighted by Crippen LogP contribution is 2.46. The molecule has 2 saturated carbocycles. The lowest BCUT2D eigenvalue weighted by atomic mass is 9.93. The van der Waals surface area contributed by atoms with E-state index in [1.807, 2.05) is 0 Å². The summed E-state index contributed by atoms with van der Waals surface area (Å²) >= 11 is 0. The van der Waals surface area contributed by atoms with Crippen molar-refractivity contribution in [3.63, 3.8) is 0 Å². The number of nitrogens with one attached hydrogen (secondary N) is 1. The molecule has 4 heteroatoms. The van der Waals surface area contributed by atoms with Crippen LogP contribution in [0.5, 0.6) is 0 Å². The van der Waals surface area contributed by atoms with E-state index in [1.54, 1.807) is 0 Å². The van der Waals surface area contributed by atoms with E-state index >= 15 is 0 Å². The minimum absolute atomic E-state index is 0.272. The molecular weight excluding hydrogens is 204 g/mol. The molecule has 4 nitrogen and oxygen atoms in total. The molecule has 0 bridgehead atoms. The normalized spacial score (nSPS) is 21.5. The van der Waals surface area contributed by atoms with Crippen molar-refractivity contribution in [2.45, 2.75) is 50.4 Å². The molecule has 0 aliphatic heterocycles. The number of aromatic amines is 1. The number of rotatable bonds is 3. The van der Waals surface area contributed by atoms with Crippen LogP contribution in [0.4, 0.5) is 0 Å². The largest absolute Gasteiger partial charge is 0.476 e. The van der Waals surface area contributed by atoms with Gasteiger partial charge in [-0.1, -0.05) is 12.8 Å². The highest BCUT2D eigenvalue weighted by atomic mass is 16.4. The van der Waals surface area contributed by atoms with Crippen molar-refractivity contribution in [1.29, 1.82) is 0 Å². The third-order valence-corrected chi connectivity index (χ3v) is 3.79. The number of carbonyl (C=O) groups is 1. The van der Waals surface area contributed by atoms with E-state index in [-0.39, 0.29) is 5.69 Å². The summed E-state index contributed by atoms with van der Waals surface area (Å²) in [5, 5.41) is 16.1. The van der Waals surface area contributed by atoms with E-state index in [9.17, 15) is 4.79 Å².